The van der Waals surface area contributed by atoms with Gasteiger partial charge in [0, 0.05) is 10.9 Å². The number of carbonyl (C=O) groups is 2. The summed E-state index contributed by atoms with van der Waals surface area (Å²) in [6, 6.07) is 1.70. The average molecular weight is 241 g/mol. The summed E-state index contributed by atoms with van der Waals surface area (Å²) in [4.78, 5) is 19.2. The van der Waals surface area contributed by atoms with Gasteiger partial charge in [0.1, 0.15) is 0 Å². The summed E-state index contributed by atoms with van der Waals surface area (Å²) in [7, 11) is 0. The third-order valence-electron chi connectivity index (χ3n) is 1.05. The molecule has 0 atom stereocenters. The normalized spacial score (nSPS) is 10.1. The highest BCUT2D eigenvalue weighted by Crippen LogP contribution is 2.13. The monoisotopic (exact) mass is 241 g/mol. The molecule has 84 valence electrons. The van der Waals surface area contributed by atoms with Gasteiger partial charge < -0.3 is 10.8 Å². The van der Waals surface area contributed by atoms with E-state index in [-0.39, 0.29) is 5.91 Å². The predicted molar refractivity (Wildman–Crippen MR) is 46.5 cm³/mol. The molecule has 1 heterocycles. The van der Waals surface area contributed by atoms with Gasteiger partial charge in [0.05, 0.1) is 0 Å². The number of alkyl halides is 3. The van der Waals surface area contributed by atoms with Crippen molar-refractivity contribution in [1.29, 1.82) is 0 Å². The molecule has 0 radical (unpaired) electrons. The molecule has 15 heavy (non-hydrogen) atoms. The summed E-state index contributed by atoms with van der Waals surface area (Å²) in [6.07, 6.45) is -5.08. The van der Waals surface area contributed by atoms with Gasteiger partial charge in [-0.05, 0) is 11.4 Å². The molecule has 0 aliphatic carbocycles. The average Bonchev–Trinajstić information content (AvgIpc) is 2.54. The van der Waals surface area contributed by atoms with Crippen LogP contribution in [0.15, 0.2) is 16.8 Å². The number of carbonyl (C=O) groups excluding carboxylic acids is 1. The first kappa shape index (κ1) is 13.4. The van der Waals surface area contributed by atoms with Crippen LogP contribution in [0.5, 0.6) is 0 Å². The van der Waals surface area contributed by atoms with Crippen LogP contribution in [-0.4, -0.2) is 23.2 Å². The highest BCUT2D eigenvalue weighted by molar-refractivity contribution is 7.08. The third-order valence-corrected chi connectivity index (χ3v) is 1.73. The molecule has 0 unspecified atom stereocenters. The summed E-state index contributed by atoms with van der Waals surface area (Å²) >= 11 is 1.47. The maximum Gasteiger partial charge on any atom is 0.490 e. The molecule has 0 aliphatic rings. The molecule has 1 rings (SSSR count). The van der Waals surface area contributed by atoms with E-state index in [1.807, 2.05) is 5.38 Å². The van der Waals surface area contributed by atoms with Crippen LogP contribution in [-0.2, 0) is 4.79 Å². The van der Waals surface area contributed by atoms with Gasteiger partial charge in [0.15, 0.2) is 0 Å². The molecule has 1 aromatic rings. The Morgan fingerprint density at radius 1 is 1.40 bits per heavy atom. The van der Waals surface area contributed by atoms with Crippen molar-refractivity contribution in [3.63, 3.8) is 0 Å². The predicted octanol–water partition coefficient (Wildman–Crippen LogP) is 1.48. The van der Waals surface area contributed by atoms with Crippen LogP contribution < -0.4 is 5.73 Å². The molecule has 1 aromatic heterocycles. The Kier molecular flexibility index (Phi) is 4.79. The number of halogens is 3. The van der Waals surface area contributed by atoms with Gasteiger partial charge in [0.2, 0.25) is 5.91 Å². The minimum Gasteiger partial charge on any atom is -0.475 e. The fourth-order valence-electron chi connectivity index (χ4n) is 0.405. The molecule has 4 nitrogen and oxygen atoms in total. The van der Waals surface area contributed by atoms with Crippen molar-refractivity contribution in [3.05, 3.63) is 22.4 Å². The van der Waals surface area contributed by atoms with Crippen LogP contribution in [0.3, 0.4) is 0 Å². The van der Waals surface area contributed by atoms with Crippen LogP contribution in [0, 0.1) is 0 Å². The van der Waals surface area contributed by atoms with Crippen LogP contribution in [0.25, 0.3) is 0 Å². The molecule has 0 saturated heterocycles. The third kappa shape index (κ3) is 5.68. The lowest BCUT2D eigenvalue weighted by Gasteiger charge is -1.93. The van der Waals surface area contributed by atoms with Gasteiger partial charge in [-0.2, -0.15) is 24.5 Å². The number of primary amides is 1. The molecule has 0 aliphatic heterocycles. The van der Waals surface area contributed by atoms with E-state index in [0.29, 0.717) is 5.56 Å². The van der Waals surface area contributed by atoms with Crippen molar-refractivity contribution < 1.29 is 27.9 Å². The Labute approximate surface area is 86.1 Å². The van der Waals surface area contributed by atoms with Crippen LogP contribution >= 0.6 is 11.3 Å². The van der Waals surface area contributed by atoms with Gasteiger partial charge in [-0.3, -0.25) is 4.79 Å². The zero-order valence-electron chi connectivity index (χ0n) is 7.12. The molecular formula is C7H6F3NO3S. The minimum absolute atomic E-state index is 0.355. The second-order valence-electron chi connectivity index (χ2n) is 2.18. The number of carboxylic acids is 1. The first-order valence-corrected chi connectivity index (χ1v) is 4.31. The number of aliphatic carboxylic acids is 1. The Morgan fingerprint density at radius 2 is 1.87 bits per heavy atom. The fraction of sp³-hybridized carbons (Fsp3) is 0.143. The largest absolute Gasteiger partial charge is 0.490 e. The van der Waals surface area contributed by atoms with E-state index in [4.69, 9.17) is 15.6 Å². The molecule has 1 amide bonds. The summed E-state index contributed by atoms with van der Waals surface area (Å²) in [5, 5.41) is 10.7. The zero-order chi connectivity index (χ0) is 12.1. The molecule has 3 N–H and O–H groups in total. The van der Waals surface area contributed by atoms with Crippen LogP contribution in [0.4, 0.5) is 13.2 Å². The number of thiophene rings is 1. The highest BCUT2D eigenvalue weighted by atomic mass is 32.1. The van der Waals surface area contributed by atoms with Gasteiger partial charge in [-0.15, -0.1) is 0 Å². The minimum atomic E-state index is -5.08. The number of rotatable bonds is 1. The second-order valence-corrected chi connectivity index (χ2v) is 2.96. The maximum atomic E-state index is 10.6. The smallest absolute Gasteiger partial charge is 0.475 e. The van der Waals surface area contributed by atoms with Crippen LogP contribution in [0.1, 0.15) is 10.4 Å². The van der Waals surface area contributed by atoms with Crippen molar-refractivity contribution in [3.8, 4) is 0 Å². The van der Waals surface area contributed by atoms with Crippen molar-refractivity contribution in [1.82, 2.24) is 0 Å². The lowest BCUT2D eigenvalue weighted by molar-refractivity contribution is -0.192. The fourth-order valence-corrected chi connectivity index (χ4v) is 1.05. The standard InChI is InChI=1S/C5H5NOS.C2HF3O2/c6-5(7)4-1-2-8-3-4;3-2(4,5)1(6)7/h1-3H,(H2,6,7);(H,6,7). The highest BCUT2D eigenvalue weighted by Gasteiger charge is 2.38. The van der Waals surface area contributed by atoms with Gasteiger partial charge in [-0.25, -0.2) is 4.79 Å². The molecule has 0 bridgehead atoms. The summed E-state index contributed by atoms with van der Waals surface area (Å²) in [5.74, 6) is -3.11. The van der Waals surface area contributed by atoms with Gasteiger partial charge >= 0.3 is 12.1 Å². The topological polar surface area (TPSA) is 80.4 Å². The van der Waals surface area contributed by atoms with Gasteiger partial charge in [-0.1, -0.05) is 0 Å². The first-order valence-electron chi connectivity index (χ1n) is 3.37. The number of carboxylic acid groups (broad SMARTS) is 1. The number of nitrogens with two attached hydrogens (primary N) is 1. The van der Waals surface area contributed by atoms with E-state index in [1.165, 1.54) is 11.3 Å². The van der Waals surface area contributed by atoms with Crippen molar-refractivity contribution >= 4 is 23.2 Å². The van der Waals surface area contributed by atoms with E-state index in [2.05, 4.69) is 0 Å². The molecule has 0 aromatic carbocycles. The van der Waals surface area contributed by atoms with E-state index < -0.39 is 12.1 Å². The van der Waals surface area contributed by atoms with Crippen molar-refractivity contribution in [2.75, 3.05) is 0 Å². The SMILES string of the molecule is NC(=O)c1ccsc1.O=C(O)C(F)(F)F. The Balaban J connectivity index is 0.000000265. The lowest BCUT2D eigenvalue weighted by Crippen LogP contribution is -2.21. The summed E-state index contributed by atoms with van der Waals surface area (Å²) in [5.41, 5.74) is 5.52. The number of hydrogen-bond donors (Lipinski definition) is 2. The quantitative estimate of drug-likeness (QED) is 0.781. The Bertz CT molecular complexity index is 334. The molecular weight excluding hydrogens is 235 g/mol. The molecule has 8 heteroatoms. The van der Waals surface area contributed by atoms with Crippen molar-refractivity contribution in [2.24, 2.45) is 5.73 Å². The number of amides is 1. The molecule has 0 spiro atoms. The second kappa shape index (κ2) is 5.35. The maximum absolute atomic E-state index is 10.6. The lowest BCUT2D eigenvalue weighted by atomic mass is 10.3. The van der Waals surface area contributed by atoms with Gasteiger partial charge in [0.25, 0.3) is 0 Å². The van der Waals surface area contributed by atoms with Crippen molar-refractivity contribution in [2.45, 2.75) is 6.18 Å². The Morgan fingerprint density at radius 3 is 2.00 bits per heavy atom. The molecule has 0 fully saturated rings. The van der Waals surface area contributed by atoms with E-state index in [9.17, 15) is 18.0 Å². The van der Waals surface area contributed by atoms with E-state index in [0.717, 1.165) is 0 Å². The van der Waals surface area contributed by atoms with Crippen LogP contribution in [0.2, 0.25) is 0 Å². The summed E-state index contributed by atoms with van der Waals surface area (Å²) in [6.45, 7) is 0. The van der Waals surface area contributed by atoms with E-state index in [1.54, 1.807) is 11.4 Å². The summed E-state index contributed by atoms with van der Waals surface area (Å²) < 4.78 is 31.7. The van der Waals surface area contributed by atoms with E-state index >= 15 is 0 Å². The molecule has 0 saturated carbocycles. The zero-order valence-corrected chi connectivity index (χ0v) is 7.93. The Hall–Kier alpha value is -1.57. The number of hydrogen-bond acceptors (Lipinski definition) is 3. The first-order chi connectivity index (χ1) is 6.75.